The van der Waals surface area contributed by atoms with E-state index in [0.29, 0.717) is 17.4 Å². The Kier molecular flexibility index (Phi) is 4.04. The quantitative estimate of drug-likeness (QED) is 0.922. The first-order valence-electron chi connectivity index (χ1n) is 5.65. The molecule has 0 bridgehead atoms. The van der Waals surface area contributed by atoms with Crippen LogP contribution in [0, 0.1) is 11.6 Å². The van der Waals surface area contributed by atoms with Gasteiger partial charge in [0.15, 0.2) is 11.5 Å². The van der Waals surface area contributed by atoms with Crippen LogP contribution >= 0.6 is 0 Å². The number of carbonyl (C=O) groups is 1. The molecule has 0 saturated carbocycles. The molecule has 0 radical (unpaired) electrons. The van der Waals surface area contributed by atoms with E-state index in [1.807, 2.05) is 0 Å². The summed E-state index contributed by atoms with van der Waals surface area (Å²) in [6.07, 6.45) is 2.32. The van der Waals surface area contributed by atoms with Crippen LogP contribution in [0.1, 0.15) is 16.2 Å². The summed E-state index contributed by atoms with van der Waals surface area (Å²) < 4.78 is 32.6. The van der Waals surface area contributed by atoms with Crippen LogP contribution in [0.4, 0.5) is 14.5 Å². The first kappa shape index (κ1) is 14.1. The molecule has 0 atom stereocenters. The predicted octanol–water partition coefficient (Wildman–Crippen LogP) is 1.49. The van der Waals surface area contributed by atoms with Gasteiger partial charge in [0.05, 0.1) is 18.5 Å². The SMILES string of the molecule is COCc1nn(C)cc1NC(=O)c1ncc(F)cc1F. The third kappa shape index (κ3) is 2.97. The van der Waals surface area contributed by atoms with E-state index in [4.69, 9.17) is 4.74 Å². The van der Waals surface area contributed by atoms with Gasteiger partial charge in [0, 0.05) is 26.4 Å². The zero-order valence-electron chi connectivity index (χ0n) is 10.9. The van der Waals surface area contributed by atoms with Gasteiger partial charge in [-0.1, -0.05) is 0 Å². The maximum atomic E-state index is 13.4. The smallest absolute Gasteiger partial charge is 0.277 e. The van der Waals surface area contributed by atoms with E-state index >= 15 is 0 Å². The Morgan fingerprint density at radius 1 is 1.50 bits per heavy atom. The number of hydrogen-bond donors (Lipinski definition) is 1. The van der Waals surface area contributed by atoms with Crippen LogP contribution in [0.2, 0.25) is 0 Å². The molecule has 106 valence electrons. The van der Waals surface area contributed by atoms with Crippen LogP contribution in [0.15, 0.2) is 18.5 Å². The van der Waals surface area contributed by atoms with Crippen molar-refractivity contribution in [1.82, 2.24) is 14.8 Å². The summed E-state index contributed by atoms with van der Waals surface area (Å²) in [5.74, 6) is -2.66. The number of nitrogens with zero attached hydrogens (tertiary/aromatic N) is 3. The number of aromatic nitrogens is 3. The molecule has 1 N–H and O–H groups in total. The molecule has 0 fully saturated rings. The highest BCUT2D eigenvalue weighted by Crippen LogP contribution is 2.16. The largest absolute Gasteiger partial charge is 0.378 e. The summed E-state index contributed by atoms with van der Waals surface area (Å²) in [5.41, 5.74) is 0.384. The molecule has 1 amide bonds. The van der Waals surface area contributed by atoms with Gasteiger partial charge in [-0.2, -0.15) is 5.10 Å². The number of nitrogens with one attached hydrogen (secondary N) is 1. The van der Waals surface area contributed by atoms with E-state index in [-0.39, 0.29) is 6.61 Å². The van der Waals surface area contributed by atoms with Crippen LogP contribution in [0.25, 0.3) is 0 Å². The Bertz CT molecular complexity index is 642. The van der Waals surface area contributed by atoms with Crippen LogP contribution in [0.3, 0.4) is 0 Å². The Morgan fingerprint density at radius 3 is 2.90 bits per heavy atom. The third-order valence-electron chi connectivity index (χ3n) is 2.46. The second-order valence-corrected chi connectivity index (χ2v) is 4.03. The number of ether oxygens (including phenoxy) is 1. The molecule has 0 spiro atoms. The number of carbonyl (C=O) groups excluding carboxylic acids is 1. The number of amides is 1. The number of aryl methyl sites for hydroxylation is 1. The Labute approximate surface area is 113 Å². The minimum Gasteiger partial charge on any atom is -0.378 e. The highest BCUT2D eigenvalue weighted by atomic mass is 19.1. The average Bonchev–Trinajstić information content (AvgIpc) is 2.69. The van der Waals surface area contributed by atoms with Gasteiger partial charge in [0.25, 0.3) is 5.91 Å². The normalized spacial score (nSPS) is 10.6. The van der Waals surface area contributed by atoms with Gasteiger partial charge in [-0.15, -0.1) is 0 Å². The minimum absolute atomic E-state index is 0.190. The van der Waals surface area contributed by atoms with E-state index in [0.717, 1.165) is 6.20 Å². The highest BCUT2D eigenvalue weighted by molar-refractivity contribution is 6.03. The molecule has 2 aromatic rings. The molecule has 2 rings (SSSR count). The summed E-state index contributed by atoms with van der Waals surface area (Å²) in [7, 11) is 3.16. The summed E-state index contributed by atoms with van der Waals surface area (Å²) in [4.78, 5) is 15.3. The maximum absolute atomic E-state index is 13.4. The molecular formula is C12H12F2N4O2. The van der Waals surface area contributed by atoms with Crippen molar-refractivity contribution in [2.75, 3.05) is 12.4 Å². The van der Waals surface area contributed by atoms with Crippen LogP contribution in [-0.4, -0.2) is 27.8 Å². The summed E-state index contributed by atoms with van der Waals surface area (Å²) >= 11 is 0. The van der Waals surface area contributed by atoms with Crippen LogP contribution in [0.5, 0.6) is 0 Å². The second-order valence-electron chi connectivity index (χ2n) is 4.03. The zero-order chi connectivity index (χ0) is 14.7. The van der Waals surface area contributed by atoms with Gasteiger partial charge in [-0.05, 0) is 0 Å². The van der Waals surface area contributed by atoms with Gasteiger partial charge in [-0.25, -0.2) is 13.8 Å². The molecule has 0 unspecified atom stereocenters. The van der Waals surface area contributed by atoms with E-state index in [1.54, 1.807) is 13.2 Å². The van der Waals surface area contributed by atoms with Gasteiger partial charge in [0.2, 0.25) is 0 Å². The first-order valence-corrected chi connectivity index (χ1v) is 5.65. The fourth-order valence-corrected chi connectivity index (χ4v) is 1.65. The second kappa shape index (κ2) is 5.74. The molecule has 20 heavy (non-hydrogen) atoms. The van der Waals surface area contributed by atoms with Crippen molar-refractivity contribution in [3.63, 3.8) is 0 Å². The van der Waals surface area contributed by atoms with Crippen molar-refractivity contribution in [3.8, 4) is 0 Å². The number of pyridine rings is 1. The molecule has 0 aromatic carbocycles. The van der Waals surface area contributed by atoms with E-state index in [1.165, 1.54) is 11.8 Å². The predicted molar refractivity (Wildman–Crippen MR) is 66.0 cm³/mol. The first-order chi connectivity index (χ1) is 9.51. The molecule has 0 saturated heterocycles. The van der Waals surface area contributed by atoms with Gasteiger partial charge >= 0.3 is 0 Å². The van der Waals surface area contributed by atoms with Crippen LogP contribution < -0.4 is 5.32 Å². The number of rotatable bonds is 4. The highest BCUT2D eigenvalue weighted by Gasteiger charge is 2.17. The van der Waals surface area contributed by atoms with Crippen LogP contribution in [-0.2, 0) is 18.4 Å². The molecule has 0 aliphatic carbocycles. The van der Waals surface area contributed by atoms with E-state index in [9.17, 15) is 13.6 Å². The number of hydrogen-bond acceptors (Lipinski definition) is 4. The van der Waals surface area contributed by atoms with Gasteiger partial charge < -0.3 is 10.1 Å². The topological polar surface area (TPSA) is 69.0 Å². The van der Waals surface area contributed by atoms with Gasteiger partial charge in [0.1, 0.15) is 11.5 Å². The fourth-order valence-electron chi connectivity index (χ4n) is 1.65. The molecule has 8 heteroatoms. The molecule has 2 heterocycles. The molecule has 0 aliphatic heterocycles. The number of methoxy groups -OCH3 is 1. The summed E-state index contributed by atoms with van der Waals surface area (Å²) in [6, 6.07) is 0.598. The lowest BCUT2D eigenvalue weighted by Gasteiger charge is -2.05. The molecular weight excluding hydrogens is 270 g/mol. The van der Waals surface area contributed by atoms with Crippen molar-refractivity contribution in [3.05, 3.63) is 41.5 Å². The third-order valence-corrected chi connectivity index (χ3v) is 2.46. The molecule has 2 aromatic heterocycles. The summed E-state index contributed by atoms with van der Waals surface area (Å²) in [6.45, 7) is 0.190. The molecule has 6 nitrogen and oxygen atoms in total. The fraction of sp³-hybridized carbons (Fsp3) is 0.250. The lowest BCUT2D eigenvalue weighted by molar-refractivity contribution is 0.101. The van der Waals surface area contributed by atoms with E-state index in [2.05, 4.69) is 15.4 Å². The summed E-state index contributed by atoms with van der Waals surface area (Å²) in [5, 5.41) is 6.55. The zero-order valence-corrected chi connectivity index (χ0v) is 10.9. The Hall–Kier alpha value is -2.35. The van der Waals surface area contributed by atoms with Crippen molar-refractivity contribution in [1.29, 1.82) is 0 Å². The van der Waals surface area contributed by atoms with Gasteiger partial charge in [-0.3, -0.25) is 9.48 Å². The van der Waals surface area contributed by atoms with Crippen molar-refractivity contribution >= 4 is 11.6 Å². The monoisotopic (exact) mass is 282 g/mol. The number of anilines is 1. The lowest BCUT2D eigenvalue weighted by atomic mass is 10.3. The standard InChI is InChI=1S/C12H12F2N4O2/c1-18-5-9(10(17-18)6-20-2)16-12(19)11-8(14)3-7(13)4-15-11/h3-5H,6H2,1-2H3,(H,16,19). The Morgan fingerprint density at radius 2 is 2.25 bits per heavy atom. The Balaban J connectivity index is 2.23. The number of halogens is 2. The van der Waals surface area contributed by atoms with Crippen molar-refractivity contribution in [2.45, 2.75) is 6.61 Å². The van der Waals surface area contributed by atoms with Crippen molar-refractivity contribution < 1.29 is 18.3 Å². The van der Waals surface area contributed by atoms with E-state index < -0.39 is 23.2 Å². The van der Waals surface area contributed by atoms with Crippen molar-refractivity contribution in [2.24, 2.45) is 7.05 Å². The maximum Gasteiger partial charge on any atom is 0.277 e. The minimum atomic E-state index is -1.03. The molecule has 0 aliphatic rings. The average molecular weight is 282 g/mol. The lowest BCUT2D eigenvalue weighted by Crippen LogP contribution is -2.16.